The van der Waals surface area contributed by atoms with E-state index >= 15 is 0 Å². The third kappa shape index (κ3) is 4.12. The first kappa shape index (κ1) is 13.6. The molecule has 1 aromatic heterocycles. The summed E-state index contributed by atoms with van der Waals surface area (Å²) in [7, 11) is 0. The molecule has 2 N–H and O–H groups in total. The molecule has 2 nitrogen and oxygen atoms in total. The smallest absolute Gasteiger partial charge is 0.122 e. The van der Waals surface area contributed by atoms with Gasteiger partial charge >= 0.3 is 0 Å². The van der Waals surface area contributed by atoms with Crippen molar-refractivity contribution in [1.82, 2.24) is 0 Å². The van der Waals surface area contributed by atoms with E-state index in [2.05, 4.69) is 34.1 Å². The van der Waals surface area contributed by atoms with Crippen LogP contribution in [0.4, 0.5) is 0 Å². The number of hydrogen-bond donors (Lipinski definition) is 1. The van der Waals surface area contributed by atoms with Crippen LogP contribution in [0.2, 0.25) is 0 Å². The van der Waals surface area contributed by atoms with Gasteiger partial charge in [-0.25, -0.2) is 0 Å². The molecule has 0 aliphatic rings. The van der Waals surface area contributed by atoms with Crippen molar-refractivity contribution in [3.63, 3.8) is 0 Å². The number of nitrogens with two attached hydrogens (primary N) is 1. The highest BCUT2D eigenvalue weighted by Crippen LogP contribution is 2.24. The average molecular weight is 326 g/mol. The summed E-state index contributed by atoms with van der Waals surface area (Å²) in [5.74, 6) is 0.901. The SMILES string of the molecule is CC(N)Cc1cccc(OCc2ccc(Br)s2)c1. The number of thiophene rings is 1. The third-order valence-electron chi connectivity index (χ3n) is 2.47. The molecule has 0 fully saturated rings. The molecule has 0 amide bonds. The van der Waals surface area contributed by atoms with Crippen molar-refractivity contribution in [3.05, 3.63) is 50.6 Å². The normalized spacial score (nSPS) is 12.4. The van der Waals surface area contributed by atoms with Gasteiger partial charge in [-0.2, -0.15) is 0 Å². The zero-order valence-electron chi connectivity index (χ0n) is 10.2. The molecule has 1 heterocycles. The van der Waals surface area contributed by atoms with E-state index in [0.29, 0.717) is 6.61 Å². The van der Waals surface area contributed by atoms with Gasteiger partial charge in [-0.15, -0.1) is 11.3 Å². The van der Waals surface area contributed by atoms with Gasteiger partial charge in [-0.3, -0.25) is 0 Å². The molecule has 18 heavy (non-hydrogen) atoms. The van der Waals surface area contributed by atoms with Crippen LogP contribution in [0.1, 0.15) is 17.4 Å². The molecule has 0 bridgehead atoms. The Labute approximate surface area is 120 Å². The van der Waals surface area contributed by atoms with E-state index in [-0.39, 0.29) is 6.04 Å². The predicted octanol–water partition coefficient (Wildman–Crippen LogP) is 3.98. The summed E-state index contributed by atoms with van der Waals surface area (Å²) in [6.45, 7) is 2.62. The standard InChI is InChI=1S/C14H16BrNOS/c1-10(16)7-11-3-2-4-12(8-11)17-9-13-5-6-14(15)18-13/h2-6,8,10H,7,9,16H2,1H3. The van der Waals surface area contributed by atoms with Crippen LogP contribution < -0.4 is 10.5 Å². The van der Waals surface area contributed by atoms with Crippen molar-refractivity contribution < 1.29 is 4.74 Å². The molecular formula is C14H16BrNOS. The van der Waals surface area contributed by atoms with Gasteiger partial charge in [-0.05, 0) is 59.1 Å². The van der Waals surface area contributed by atoms with Crippen LogP contribution in [0.3, 0.4) is 0 Å². The van der Waals surface area contributed by atoms with Gasteiger partial charge in [0, 0.05) is 10.9 Å². The number of hydrogen-bond acceptors (Lipinski definition) is 3. The van der Waals surface area contributed by atoms with Crippen LogP contribution in [0, 0.1) is 0 Å². The van der Waals surface area contributed by atoms with Gasteiger partial charge in [0.25, 0.3) is 0 Å². The van der Waals surface area contributed by atoms with Gasteiger partial charge in [0.1, 0.15) is 12.4 Å². The molecule has 96 valence electrons. The Balaban J connectivity index is 1.96. The second-order valence-corrected chi connectivity index (χ2v) is 6.87. The van der Waals surface area contributed by atoms with Crippen molar-refractivity contribution in [1.29, 1.82) is 0 Å². The van der Waals surface area contributed by atoms with Crippen LogP contribution in [0.5, 0.6) is 5.75 Å². The Bertz CT molecular complexity index is 510. The summed E-state index contributed by atoms with van der Waals surface area (Å²) in [5.41, 5.74) is 7.02. The second kappa shape index (κ2) is 6.36. The Kier molecular flexibility index (Phi) is 4.80. The number of benzene rings is 1. The summed E-state index contributed by atoms with van der Waals surface area (Å²) in [4.78, 5) is 1.21. The van der Waals surface area contributed by atoms with Crippen molar-refractivity contribution in [2.75, 3.05) is 0 Å². The molecule has 4 heteroatoms. The first-order valence-electron chi connectivity index (χ1n) is 5.85. The topological polar surface area (TPSA) is 35.2 Å². The highest BCUT2D eigenvalue weighted by atomic mass is 79.9. The van der Waals surface area contributed by atoms with Crippen LogP contribution in [0.15, 0.2) is 40.2 Å². The fourth-order valence-corrected chi connectivity index (χ4v) is 3.11. The maximum atomic E-state index is 5.80. The molecule has 1 aromatic carbocycles. The van der Waals surface area contributed by atoms with Gasteiger partial charge in [-0.1, -0.05) is 12.1 Å². The zero-order chi connectivity index (χ0) is 13.0. The van der Waals surface area contributed by atoms with Crippen molar-refractivity contribution in [2.45, 2.75) is 26.0 Å². The average Bonchev–Trinajstić information content (AvgIpc) is 2.72. The van der Waals surface area contributed by atoms with Gasteiger partial charge in [0.05, 0.1) is 3.79 Å². The van der Waals surface area contributed by atoms with Gasteiger partial charge in [0.15, 0.2) is 0 Å². The van der Waals surface area contributed by atoms with E-state index in [1.165, 1.54) is 10.4 Å². The predicted molar refractivity (Wildman–Crippen MR) is 80.1 cm³/mol. The molecule has 0 aliphatic carbocycles. The van der Waals surface area contributed by atoms with Crippen LogP contribution in [0.25, 0.3) is 0 Å². The molecule has 1 atom stereocenters. The minimum Gasteiger partial charge on any atom is -0.488 e. The fraction of sp³-hybridized carbons (Fsp3) is 0.286. The number of halogens is 1. The van der Waals surface area contributed by atoms with Gasteiger partial charge < -0.3 is 10.5 Å². The lowest BCUT2D eigenvalue weighted by molar-refractivity contribution is 0.309. The summed E-state index contributed by atoms with van der Waals surface area (Å²) in [6.07, 6.45) is 0.877. The van der Waals surface area contributed by atoms with Crippen LogP contribution in [-0.2, 0) is 13.0 Å². The molecular weight excluding hydrogens is 310 g/mol. The Hall–Kier alpha value is -0.840. The zero-order valence-corrected chi connectivity index (χ0v) is 12.6. The first-order valence-corrected chi connectivity index (χ1v) is 7.46. The Morgan fingerprint density at radius 1 is 1.33 bits per heavy atom. The summed E-state index contributed by atoms with van der Waals surface area (Å²) < 4.78 is 6.91. The third-order valence-corrected chi connectivity index (χ3v) is 4.06. The summed E-state index contributed by atoms with van der Waals surface area (Å²) in [6, 6.07) is 12.4. The van der Waals surface area contributed by atoms with Crippen LogP contribution in [-0.4, -0.2) is 6.04 Å². The molecule has 0 radical (unpaired) electrons. The lowest BCUT2D eigenvalue weighted by Gasteiger charge is -2.08. The van der Waals surface area contributed by atoms with Crippen LogP contribution >= 0.6 is 27.3 Å². The highest BCUT2D eigenvalue weighted by Gasteiger charge is 2.02. The lowest BCUT2D eigenvalue weighted by Crippen LogP contribution is -2.17. The number of rotatable bonds is 5. The monoisotopic (exact) mass is 325 g/mol. The minimum absolute atomic E-state index is 0.175. The molecule has 2 rings (SSSR count). The molecule has 0 saturated carbocycles. The van der Waals surface area contributed by atoms with E-state index in [1.54, 1.807) is 11.3 Å². The second-order valence-electron chi connectivity index (χ2n) is 4.32. The van der Waals surface area contributed by atoms with E-state index in [4.69, 9.17) is 10.5 Å². The van der Waals surface area contributed by atoms with E-state index < -0.39 is 0 Å². The van der Waals surface area contributed by atoms with Crippen molar-refractivity contribution >= 4 is 27.3 Å². The summed E-state index contributed by atoms with van der Waals surface area (Å²) >= 11 is 5.14. The first-order chi connectivity index (χ1) is 8.63. The fourth-order valence-electron chi connectivity index (χ4n) is 1.72. The lowest BCUT2D eigenvalue weighted by atomic mass is 10.1. The molecule has 2 aromatic rings. The number of ether oxygens (including phenoxy) is 1. The maximum Gasteiger partial charge on any atom is 0.122 e. The molecule has 0 saturated heterocycles. The molecule has 0 spiro atoms. The Morgan fingerprint density at radius 3 is 2.83 bits per heavy atom. The quantitative estimate of drug-likeness (QED) is 0.902. The van der Waals surface area contributed by atoms with Crippen molar-refractivity contribution in [2.24, 2.45) is 5.73 Å². The van der Waals surface area contributed by atoms with E-state index in [0.717, 1.165) is 16.0 Å². The Morgan fingerprint density at radius 2 is 2.17 bits per heavy atom. The molecule has 1 unspecified atom stereocenters. The van der Waals surface area contributed by atoms with E-state index in [9.17, 15) is 0 Å². The van der Waals surface area contributed by atoms with E-state index in [1.807, 2.05) is 25.1 Å². The minimum atomic E-state index is 0.175. The summed E-state index contributed by atoms with van der Waals surface area (Å²) in [5, 5.41) is 0. The maximum absolute atomic E-state index is 5.80. The van der Waals surface area contributed by atoms with Gasteiger partial charge in [0.2, 0.25) is 0 Å². The molecule has 0 aliphatic heterocycles. The largest absolute Gasteiger partial charge is 0.488 e. The van der Waals surface area contributed by atoms with Crippen molar-refractivity contribution in [3.8, 4) is 5.75 Å². The highest BCUT2D eigenvalue weighted by molar-refractivity contribution is 9.11.